The molecular formula is C14H18ClNO2. The third-order valence-electron chi connectivity index (χ3n) is 3.36. The van der Waals surface area contributed by atoms with Gasteiger partial charge in [0, 0.05) is 24.1 Å². The summed E-state index contributed by atoms with van der Waals surface area (Å²) in [6.45, 7) is 2.55. The average molecular weight is 268 g/mol. The smallest absolute Gasteiger partial charge is 0.223 e. The lowest BCUT2D eigenvalue weighted by atomic mass is 10.1. The van der Waals surface area contributed by atoms with Crippen molar-refractivity contribution in [3.05, 3.63) is 34.9 Å². The Morgan fingerprint density at radius 2 is 2.17 bits per heavy atom. The number of carbonyl (C=O) groups is 1. The second-order valence-corrected chi connectivity index (χ2v) is 5.47. The van der Waals surface area contributed by atoms with Gasteiger partial charge in [-0.15, -0.1) is 0 Å². The minimum Gasteiger partial charge on any atom is -0.396 e. The van der Waals surface area contributed by atoms with Gasteiger partial charge in [0.2, 0.25) is 5.91 Å². The van der Waals surface area contributed by atoms with Gasteiger partial charge < -0.3 is 10.4 Å². The van der Waals surface area contributed by atoms with Gasteiger partial charge in [0.05, 0.1) is 0 Å². The Morgan fingerprint density at radius 1 is 1.50 bits per heavy atom. The van der Waals surface area contributed by atoms with Crippen LogP contribution in [0.1, 0.15) is 24.8 Å². The molecule has 0 aliphatic heterocycles. The van der Waals surface area contributed by atoms with Crippen LogP contribution in [0.3, 0.4) is 0 Å². The number of nitrogens with one attached hydrogen (secondary N) is 1. The number of halogens is 1. The van der Waals surface area contributed by atoms with E-state index in [1.54, 1.807) is 0 Å². The molecule has 1 aromatic carbocycles. The molecule has 18 heavy (non-hydrogen) atoms. The van der Waals surface area contributed by atoms with Gasteiger partial charge in [0.1, 0.15) is 0 Å². The number of rotatable bonds is 5. The van der Waals surface area contributed by atoms with Crippen LogP contribution in [0.5, 0.6) is 0 Å². The maximum absolute atomic E-state index is 11.9. The Hall–Kier alpha value is -1.06. The number of benzene rings is 1. The van der Waals surface area contributed by atoms with Crippen molar-refractivity contribution in [2.75, 3.05) is 13.2 Å². The van der Waals surface area contributed by atoms with Gasteiger partial charge in [-0.05, 0) is 36.0 Å². The molecule has 1 fully saturated rings. The summed E-state index contributed by atoms with van der Waals surface area (Å²) in [4.78, 5) is 11.9. The summed E-state index contributed by atoms with van der Waals surface area (Å²) in [7, 11) is 0. The van der Waals surface area contributed by atoms with E-state index in [-0.39, 0.29) is 24.3 Å². The van der Waals surface area contributed by atoms with E-state index >= 15 is 0 Å². The van der Waals surface area contributed by atoms with Gasteiger partial charge in [-0.3, -0.25) is 4.79 Å². The molecular weight excluding hydrogens is 250 g/mol. The largest absolute Gasteiger partial charge is 0.396 e. The zero-order valence-electron chi connectivity index (χ0n) is 10.4. The molecule has 1 amide bonds. The highest BCUT2D eigenvalue weighted by Crippen LogP contribution is 2.47. The van der Waals surface area contributed by atoms with Gasteiger partial charge in [-0.25, -0.2) is 0 Å². The zero-order valence-corrected chi connectivity index (χ0v) is 11.2. The van der Waals surface area contributed by atoms with E-state index in [1.807, 2.05) is 31.2 Å². The maximum Gasteiger partial charge on any atom is 0.223 e. The molecule has 3 nitrogen and oxygen atoms in total. The Labute approximate surface area is 112 Å². The van der Waals surface area contributed by atoms with E-state index in [2.05, 4.69) is 5.32 Å². The van der Waals surface area contributed by atoms with Crippen LogP contribution in [-0.2, 0) is 4.79 Å². The fraction of sp³-hybridized carbons (Fsp3) is 0.500. The summed E-state index contributed by atoms with van der Waals surface area (Å²) in [6, 6.07) is 7.68. The lowest BCUT2D eigenvalue weighted by molar-refractivity contribution is -0.122. The lowest BCUT2D eigenvalue weighted by Crippen LogP contribution is -2.31. The van der Waals surface area contributed by atoms with Crippen molar-refractivity contribution in [3.8, 4) is 0 Å². The zero-order chi connectivity index (χ0) is 13.1. The van der Waals surface area contributed by atoms with E-state index in [9.17, 15) is 4.79 Å². The molecule has 98 valence electrons. The first kappa shape index (κ1) is 13.4. The summed E-state index contributed by atoms with van der Waals surface area (Å²) in [5.41, 5.74) is 1.18. The molecule has 0 spiro atoms. The first-order valence-corrected chi connectivity index (χ1v) is 6.63. The van der Waals surface area contributed by atoms with E-state index in [0.29, 0.717) is 12.5 Å². The Kier molecular flexibility index (Phi) is 4.25. The first-order valence-electron chi connectivity index (χ1n) is 6.26. The number of aliphatic hydroxyl groups is 1. The van der Waals surface area contributed by atoms with Crippen LogP contribution in [0.25, 0.3) is 0 Å². The Morgan fingerprint density at radius 3 is 2.78 bits per heavy atom. The van der Waals surface area contributed by atoms with Gasteiger partial charge in [-0.2, -0.15) is 0 Å². The fourth-order valence-corrected chi connectivity index (χ4v) is 2.16. The topological polar surface area (TPSA) is 49.3 Å². The predicted molar refractivity (Wildman–Crippen MR) is 71.6 cm³/mol. The minimum absolute atomic E-state index is 0.0806. The highest BCUT2D eigenvalue weighted by Gasteiger charge is 2.43. The molecule has 1 aliphatic carbocycles. The van der Waals surface area contributed by atoms with Crippen molar-refractivity contribution in [1.29, 1.82) is 0 Å². The number of aliphatic hydroxyl groups excluding tert-OH is 1. The van der Waals surface area contributed by atoms with Crippen molar-refractivity contribution in [2.24, 2.45) is 11.8 Å². The van der Waals surface area contributed by atoms with Crippen molar-refractivity contribution in [3.63, 3.8) is 0 Å². The molecule has 0 bridgehead atoms. The summed E-state index contributed by atoms with van der Waals surface area (Å²) in [5.74, 6) is 0.612. The summed E-state index contributed by atoms with van der Waals surface area (Å²) in [6.07, 6.45) is 0.904. The van der Waals surface area contributed by atoms with Gasteiger partial charge in [0.25, 0.3) is 0 Å². The molecule has 0 heterocycles. The molecule has 0 aromatic heterocycles. The molecule has 2 N–H and O–H groups in total. The summed E-state index contributed by atoms with van der Waals surface area (Å²) >= 11 is 5.83. The van der Waals surface area contributed by atoms with Crippen molar-refractivity contribution in [2.45, 2.75) is 19.3 Å². The highest BCUT2D eigenvalue weighted by molar-refractivity contribution is 6.30. The van der Waals surface area contributed by atoms with E-state index in [1.165, 1.54) is 5.56 Å². The SMILES string of the molecule is CC(CO)CNC(=O)C1CC1c1ccc(Cl)cc1. The van der Waals surface area contributed by atoms with E-state index in [4.69, 9.17) is 16.7 Å². The number of hydrogen-bond acceptors (Lipinski definition) is 2. The van der Waals surface area contributed by atoms with Gasteiger partial charge in [0.15, 0.2) is 0 Å². The number of amides is 1. The summed E-state index contributed by atoms with van der Waals surface area (Å²) < 4.78 is 0. The van der Waals surface area contributed by atoms with Gasteiger partial charge >= 0.3 is 0 Å². The van der Waals surface area contributed by atoms with E-state index < -0.39 is 0 Å². The van der Waals surface area contributed by atoms with Crippen LogP contribution >= 0.6 is 11.6 Å². The second-order valence-electron chi connectivity index (χ2n) is 5.03. The van der Waals surface area contributed by atoms with Crippen molar-refractivity contribution >= 4 is 17.5 Å². The minimum atomic E-state index is 0.0806. The normalized spacial score (nSPS) is 23.5. The Bertz CT molecular complexity index is 418. The molecule has 0 radical (unpaired) electrons. The molecule has 0 saturated heterocycles. The van der Waals surface area contributed by atoms with Crippen molar-refractivity contribution in [1.82, 2.24) is 5.32 Å². The number of hydrogen-bond donors (Lipinski definition) is 2. The highest BCUT2D eigenvalue weighted by atomic mass is 35.5. The third-order valence-corrected chi connectivity index (χ3v) is 3.61. The van der Waals surface area contributed by atoms with Crippen LogP contribution in [0, 0.1) is 11.8 Å². The second kappa shape index (κ2) is 5.72. The standard InChI is InChI=1S/C14H18ClNO2/c1-9(8-17)7-16-14(18)13-6-12(13)10-2-4-11(15)5-3-10/h2-5,9,12-13,17H,6-8H2,1H3,(H,16,18). The lowest BCUT2D eigenvalue weighted by Gasteiger charge is -2.09. The fourth-order valence-electron chi connectivity index (χ4n) is 2.03. The first-order chi connectivity index (χ1) is 8.61. The molecule has 1 aromatic rings. The predicted octanol–water partition coefficient (Wildman–Crippen LogP) is 2.19. The molecule has 1 saturated carbocycles. The molecule has 3 atom stereocenters. The molecule has 1 aliphatic rings. The maximum atomic E-state index is 11.9. The molecule has 3 unspecified atom stereocenters. The van der Waals surface area contributed by atoms with Crippen LogP contribution in [-0.4, -0.2) is 24.2 Å². The van der Waals surface area contributed by atoms with Gasteiger partial charge in [-0.1, -0.05) is 30.7 Å². The van der Waals surface area contributed by atoms with Crippen LogP contribution < -0.4 is 5.32 Å². The monoisotopic (exact) mass is 267 g/mol. The van der Waals surface area contributed by atoms with Crippen LogP contribution in [0.2, 0.25) is 5.02 Å². The third kappa shape index (κ3) is 3.24. The summed E-state index contributed by atoms with van der Waals surface area (Å²) in [5, 5.41) is 12.5. The Balaban J connectivity index is 1.83. The average Bonchev–Trinajstić information content (AvgIpc) is 3.16. The van der Waals surface area contributed by atoms with E-state index in [0.717, 1.165) is 11.4 Å². The quantitative estimate of drug-likeness (QED) is 0.859. The number of carbonyl (C=O) groups excluding carboxylic acids is 1. The molecule has 2 rings (SSSR count). The van der Waals surface area contributed by atoms with Crippen LogP contribution in [0.15, 0.2) is 24.3 Å². The van der Waals surface area contributed by atoms with Crippen molar-refractivity contribution < 1.29 is 9.90 Å². The molecule has 4 heteroatoms. The van der Waals surface area contributed by atoms with Crippen LogP contribution in [0.4, 0.5) is 0 Å².